The van der Waals surface area contributed by atoms with Gasteiger partial charge in [-0.2, -0.15) is 0 Å². The van der Waals surface area contributed by atoms with E-state index in [1.165, 1.54) is 27.5 Å². The zero-order valence-electron chi connectivity index (χ0n) is 22.9. The Balaban J connectivity index is 1.35. The molecule has 198 valence electrons. The van der Waals surface area contributed by atoms with Crippen LogP contribution in [-0.2, 0) is 0 Å². The van der Waals surface area contributed by atoms with Gasteiger partial charge in [0.05, 0.1) is 5.69 Å². The molecule has 7 aromatic carbocycles. The maximum atomic E-state index is 7.00. The first kappa shape index (κ1) is 24.2. The van der Waals surface area contributed by atoms with Gasteiger partial charge in [-0.25, -0.2) is 0 Å². The lowest BCUT2D eigenvalue weighted by molar-refractivity contribution is 0.489. The van der Waals surface area contributed by atoms with Crippen LogP contribution < -0.4 is 9.64 Å². The summed E-state index contributed by atoms with van der Waals surface area (Å²) in [4.78, 5) is 2.29. The minimum Gasteiger partial charge on any atom is -0.454 e. The van der Waals surface area contributed by atoms with Gasteiger partial charge in [-0.05, 0) is 69.4 Å². The van der Waals surface area contributed by atoms with Crippen molar-refractivity contribution in [1.29, 1.82) is 0 Å². The molecule has 8 rings (SSSR count). The summed E-state index contributed by atoms with van der Waals surface area (Å²) in [5.74, 6) is 1.70. The molecule has 1 heterocycles. The third-order valence-electron chi connectivity index (χ3n) is 8.07. The lowest BCUT2D eigenvalue weighted by Crippen LogP contribution is -2.11. The standard InChI is InChI=1S/C40H27NO/c1-3-12-28(13-4-1)29-22-25-32(26-23-29)41(31-15-5-2-6-16-31)37-21-11-20-36-34-18-9-10-19-35(34)39-33-17-8-7-14-30(33)24-27-38(39)42-40(36)37/h1-27H. The molecule has 0 bridgehead atoms. The number of hydrogen-bond acceptors (Lipinski definition) is 2. The van der Waals surface area contributed by atoms with E-state index in [2.05, 4.69) is 169 Å². The number of rotatable bonds is 4. The molecular weight excluding hydrogens is 510 g/mol. The monoisotopic (exact) mass is 537 g/mol. The van der Waals surface area contributed by atoms with E-state index in [9.17, 15) is 0 Å². The van der Waals surface area contributed by atoms with Crippen molar-refractivity contribution in [2.24, 2.45) is 0 Å². The summed E-state index contributed by atoms with van der Waals surface area (Å²) in [5, 5.41) is 2.39. The summed E-state index contributed by atoms with van der Waals surface area (Å²) in [6.07, 6.45) is 0. The van der Waals surface area contributed by atoms with E-state index in [-0.39, 0.29) is 0 Å². The number of benzene rings is 7. The van der Waals surface area contributed by atoms with Crippen molar-refractivity contribution in [2.45, 2.75) is 0 Å². The number of para-hydroxylation sites is 2. The molecule has 0 saturated carbocycles. The molecule has 0 N–H and O–H groups in total. The molecule has 0 aromatic heterocycles. The lowest BCUT2D eigenvalue weighted by Gasteiger charge is -2.28. The summed E-state index contributed by atoms with van der Waals surface area (Å²) in [7, 11) is 0. The largest absolute Gasteiger partial charge is 0.454 e. The van der Waals surface area contributed by atoms with Crippen molar-refractivity contribution >= 4 is 27.8 Å². The van der Waals surface area contributed by atoms with Crippen molar-refractivity contribution < 1.29 is 4.74 Å². The van der Waals surface area contributed by atoms with E-state index in [4.69, 9.17) is 4.74 Å². The second-order valence-electron chi connectivity index (χ2n) is 10.5. The molecule has 2 nitrogen and oxygen atoms in total. The van der Waals surface area contributed by atoms with Gasteiger partial charge in [-0.3, -0.25) is 0 Å². The first-order valence-corrected chi connectivity index (χ1v) is 14.3. The van der Waals surface area contributed by atoms with Gasteiger partial charge >= 0.3 is 0 Å². The fourth-order valence-electron chi connectivity index (χ4n) is 6.12. The number of ether oxygens (including phenoxy) is 1. The van der Waals surface area contributed by atoms with Gasteiger partial charge in [-0.1, -0.05) is 127 Å². The number of nitrogens with zero attached hydrogens (tertiary/aromatic N) is 1. The maximum absolute atomic E-state index is 7.00. The molecular formula is C40H27NO. The lowest BCUT2D eigenvalue weighted by atomic mass is 9.91. The van der Waals surface area contributed by atoms with Crippen molar-refractivity contribution in [3.05, 3.63) is 164 Å². The van der Waals surface area contributed by atoms with Crippen molar-refractivity contribution in [2.75, 3.05) is 4.90 Å². The molecule has 7 aromatic rings. The van der Waals surface area contributed by atoms with Crippen LogP contribution >= 0.6 is 0 Å². The Morgan fingerprint density at radius 2 is 1.02 bits per heavy atom. The van der Waals surface area contributed by atoms with E-state index in [1.807, 2.05) is 0 Å². The minimum atomic E-state index is 0.843. The molecule has 0 saturated heterocycles. The average molecular weight is 538 g/mol. The van der Waals surface area contributed by atoms with Gasteiger partial charge in [0.15, 0.2) is 5.75 Å². The normalized spacial score (nSPS) is 11.5. The Morgan fingerprint density at radius 1 is 0.405 bits per heavy atom. The third kappa shape index (κ3) is 4.05. The highest BCUT2D eigenvalue weighted by molar-refractivity contribution is 6.05. The number of anilines is 3. The first-order valence-electron chi connectivity index (χ1n) is 14.3. The van der Waals surface area contributed by atoms with Crippen LogP contribution in [0.15, 0.2) is 164 Å². The van der Waals surface area contributed by atoms with Crippen LogP contribution in [0.25, 0.3) is 44.2 Å². The highest BCUT2D eigenvalue weighted by Gasteiger charge is 2.27. The van der Waals surface area contributed by atoms with Crippen LogP contribution in [0, 0.1) is 0 Å². The summed E-state index contributed by atoms with van der Waals surface area (Å²) in [6.45, 7) is 0. The second-order valence-corrected chi connectivity index (χ2v) is 10.5. The average Bonchev–Trinajstić information content (AvgIpc) is 3.21. The molecule has 0 fully saturated rings. The highest BCUT2D eigenvalue weighted by Crippen LogP contribution is 2.53. The Bertz CT molecular complexity index is 2050. The van der Waals surface area contributed by atoms with Crippen molar-refractivity contribution in [1.82, 2.24) is 0 Å². The predicted octanol–water partition coefficient (Wildman–Crippen LogP) is 11.4. The van der Waals surface area contributed by atoms with Crippen LogP contribution in [0.5, 0.6) is 11.5 Å². The zero-order valence-corrected chi connectivity index (χ0v) is 22.9. The van der Waals surface area contributed by atoms with Gasteiger partial charge in [0.2, 0.25) is 0 Å². The van der Waals surface area contributed by atoms with Crippen LogP contribution in [0.2, 0.25) is 0 Å². The smallest absolute Gasteiger partial charge is 0.159 e. The second kappa shape index (κ2) is 10.1. The topological polar surface area (TPSA) is 12.5 Å². The molecule has 42 heavy (non-hydrogen) atoms. The van der Waals surface area contributed by atoms with Gasteiger partial charge < -0.3 is 9.64 Å². The summed E-state index contributed by atoms with van der Waals surface area (Å²) in [6, 6.07) is 57.7. The van der Waals surface area contributed by atoms with Crippen molar-refractivity contribution in [3.8, 4) is 44.9 Å². The van der Waals surface area contributed by atoms with E-state index in [0.717, 1.165) is 45.3 Å². The third-order valence-corrected chi connectivity index (χ3v) is 8.07. The van der Waals surface area contributed by atoms with E-state index in [1.54, 1.807) is 0 Å². The number of fused-ring (bicyclic) bond motifs is 7. The minimum absolute atomic E-state index is 0.843. The van der Waals surface area contributed by atoms with Gasteiger partial charge in [0.1, 0.15) is 5.75 Å². The molecule has 0 atom stereocenters. The summed E-state index contributed by atoms with van der Waals surface area (Å²) >= 11 is 0. The fraction of sp³-hybridized carbons (Fsp3) is 0. The zero-order chi connectivity index (χ0) is 27.9. The quantitative estimate of drug-likeness (QED) is 0.221. The molecule has 0 amide bonds. The Morgan fingerprint density at radius 3 is 1.83 bits per heavy atom. The number of hydrogen-bond donors (Lipinski definition) is 0. The first-order chi connectivity index (χ1) is 20.8. The molecule has 1 aliphatic heterocycles. The predicted molar refractivity (Wildman–Crippen MR) is 175 cm³/mol. The SMILES string of the molecule is c1ccc(-c2ccc(N(c3ccccc3)c3cccc4c3Oc3ccc5ccccc5c3-c3ccccc3-4)cc2)cc1. The van der Waals surface area contributed by atoms with Crippen LogP contribution in [-0.4, -0.2) is 0 Å². The van der Waals surface area contributed by atoms with Crippen LogP contribution in [0.1, 0.15) is 0 Å². The maximum Gasteiger partial charge on any atom is 0.159 e. The highest BCUT2D eigenvalue weighted by atomic mass is 16.5. The van der Waals surface area contributed by atoms with Gasteiger partial charge in [0.25, 0.3) is 0 Å². The Kier molecular flexibility index (Phi) is 5.82. The molecule has 0 unspecified atom stereocenters. The Hall–Kier alpha value is -5.60. The molecule has 2 heteroatoms. The van der Waals surface area contributed by atoms with Crippen LogP contribution in [0.3, 0.4) is 0 Å². The summed E-state index contributed by atoms with van der Waals surface area (Å²) < 4.78 is 7.00. The van der Waals surface area contributed by atoms with E-state index < -0.39 is 0 Å². The summed E-state index contributed by atoms with van der Waals surface area (Å²) in [5.41, 5.74) is 10.1. The van der Waals surface area contributed by atoms with E-state index in [0.29, 0.717) is 0 Å². The molecule has 1 aliphatic rings. The molecule has 0 radical (unpaired) electrons. The fourth-order valence-corrected chi connectivity index (χ4v) is 6.12. The Labute approximate surface area is 245 Å². The van der Waals surface area contributed by atoms with E-state index >= 15 is 0 Å². The molecule has 0 aliphatic carbocycles. The van der Waals surface area contributed by atoms with Gasteiger partial charge in [0, 0.05) is 22.5 Å². The van der Waals surface area contributed by atoms with Crippen LogP contribution in [0.4, 0.5) is 17.1 Å². The van der Waals surface area contributed by atoms with Gasteiger partial charge in [-0.15, -0.1) is 0 Å². The molecule has 0 spiro atoms. The van der Waals surface area contributed by atoms with Crippen molar-refractivity contribution in [3.63, 3.8) is 0 Å².